The minimum absolute atomic E-state index is 0. The summed E-state index contributed by atoms with van der Waals surface area (Å²) in [5.74, 6) is 0.543. The summed E-state index contributed by atoms with van der Waals surface area (Å²) >= 11 is 0. The first-order chi connectivity index (χ1) is 12.5. The molecule has 0 bridgehead atoms. The third-order valence-electron chi connectivity index (χ3n) is 4.45. The highest BCUT2D eigenvalue weighted by atomic mass is 35.5. The van der Waals surface area contributed by atoms with Crippen molar-refractivity contribution in [3.05, 3.63) is 65.2 Å². The van der Waals surface area contributed by atoms with Gasteiger partial charge in [0.25, 0.3) is 0 Å². The Kier molecular flexibility index (Phi) is 7.22. The molecular weight excluding hydrogens is 386 g/mol. The average Bonchev–Trinajstić information content (AvgIpc) is 2.67. The van der Waals surface area contributed by atoms with E-state index in [1.807, 2.05) is 30.3 Å². The van der Waals surface area contributed by atoms with Gasteiger partial charge in [0.05, 0.1) is 30.5 Å². The summed E-state index contributed by atoms with van der Waals surface area (Å²) < 4.78 is 33.2. The molecule has 0 aliphatic carbocycles. The smallest absolute Gasteiger partial charge is 0.218 e. The van der Waals surface area contributed by atoms with Gasteiger partial charge in [0.2, 0.25) is 10.0 Å². The number of rotatable bonds is 5. The lowest BCUT2D eigenvalue weighted by atomic mass is 10.0. The molecule has 1 saturated heterocycles. The van der Waals surface area contributed by atoms with E-state index in [0.717, 1.165) is 5.56 Å². The van der Waals surface area contributed by atoms with E-state index in [4.69, 9.17) is 10.00 Å². The van der Waals surface area contributed by atoms with Crippen LogP contribution in [0.15, 0.2) is 48.5 Å². The van der Waals surface area contributed by atoms with E-state index in [0.29, 0.717) is 36.5 Å². The van der Waals surface area contributed by atoms with E-state index >= 15 is 0 Å². The van der Waals surface area contributed by atoms with Crippen LogP contribution in [0.3, 0.4) is 0 Å². The van der Waals surface area contributed by atoms with Gasteiger partial charge >= 0.3 is 0 Å². The number of hydrogen-bond acceptors (Lipinski definition) is 5. The third-order valence-corrected chi connectivity index (χ3v) is 6.30. The van der Waals surface area contributed by atoms with Crippen LogP contribution in [-0.2, 0) is 15.8 Å². The molecular formula is C19H22ClN3O3S. The van der Waals surface area contributed by atoms with Gasteiger partial charge in [-0.15, -0.1) is 12.4 Å². The van der Waals surface area contributed by atoms with Crippen molar-refractivity contribution in [1.29, 1.82) is 5.26 Å². The Morgan fingerprint density at radius 3 is 2.78 bits per heavy atom. The Labute approximate surface area is 166 Å². The second-order valence-corrected chi connectivity index (χ2v) is 8.06. The fourth-order valence-electron chi connectivity index (χ4n) is 3.25. The molecule has 1 aliphatic heterocycles. The van der Waals surface area contributed by atoms with Crippen LogP contribution in [0.25, 0.3) is 0 Å². The molecule has 1 fully saturated rings. The van der Waals surface area contributed by atoms with Gasteiger partial charge in [-0.25, -0.2) is 8.42 Å². The molecule has 1 N–H and O–H groups in total. The summed E-state index contributed by atoms with van der Waals surface area (Å²) in [6.45, 7) is 1.52. The van der Waals surface area contributed by atoms with Crippen molar-refractivity contribution < 1.29 is 13.2 Å². The van der Waals surface area contributed by atoms with Crippen molar-refractivity contribution in [2.75, 3.05) is 26.7 Å². The van der Waals surface area contributed by atoms with Crippen LogP contribution in [0.4, 0.5) is 0 Å². The van der Waals surface area contributed by atoms with Crippen molar-refractivity contribution in [2.45, 2.75) is 11.8 Å². The van der Waals surface area contributed by atoms with Gasteiger partial charge in [0.15, 0.2) is 0 Å². The molecule has 0 aromatic heterocycles. The first kappa shape index (κ1) is 21.2. The Bertz CT molecular complexity index is 928. The van der Waals surface area contributed by atoms with Crippen LogP contribution in [-0.4, -0.2) is 39.5 Å². The molecule has 1 unspecified atom stereocenters. The molecule has 1 aliphatic rings. The monoisotopic (exact) mass is 407 g/mol. The van der Waals surface area contributed by atoms with Crippen LogP contribution in [0, 0.1) is 11.3 Å². The van der Waals surface area contributed by atoms with Gasteiger partial charge in [-0.05, 0) is 23.8 Å². The van der Waals surface area contributed by atoms with Crippen molar-refractivity contribution in [3.8, 4) is 11.8 Å². The Balaban J connectivity index is 0.00000261. The second kappa shape index (κ2) is 9.20. The summed E-state index contributed by atoms with van der Waals surface area (Å²) in [6, 6.07) is 15.9. The lowest BCUT2D eigenvalue weighted by Gasteiger charge is -2.36. The first-order valence-electron chi connectivity index (χ1n) is 8.37. The zero-order valence-electron chi connectivity index (χ0n) is 15.0. The lowest BCUT2D eigenvalue weighted by molar-refractivity contribution is 0.264. The van der Waals surface area contributed by atoms with Crippen molar-refractivity contribution in [1.82, 2.24) is 9.62 Å². The summed E-state index contributed by atoms with van der Waals surface area (Å²) in [7, 11) is -1.97. The molecule has 8 heteroatoms. The number of sulfonamides is 1. The predicted molar refractivity (Wildman–Crippen MR) is 106 cm³/mol. The maximum Gasteiger partial charge on any atom is 0.218 e. The number of methoxy groups -OCH3 is 1. The average molecular weight is 408 g/mol. The number of nitrogens with zero attached hydrogens (tertiary/aromatic N) is 2. The number of nitrogens with one attached hydrogen (secondary N) is 1. The fourth-order valence-corrected chi connectivity index (χ4v) is 4.96. The Hall–Kier alpha value is -2.11. The molecule has 3 rings (SSSR count). The predicted octanol–water partition coefficient (Wildman–Crippen LogP) is 2.46. The number of piperazine rings is 1. The van der Waals surface area contributed by atoms with Gasteiger partial charge in [0, 0.05) is 25.2 Å². The SMILES string of the molecule is COc1ccccc1C1CNCCN1S(=O)(=O)Cc1cccc(C#N)c1.Cl. The van der Waals surface area contributed by atoms with E-state index in [-0.39, 0.29) is 24.2 Å². The van der Waals surface area contributed by atoms with Crippen molar-refractivity contribution in [2.24, 2.45) is 0 Å². The van der Waals surface area contributed by atoms with Gasteiger partial charge in [-0.3, -0.25) is 0 Å². The van der Waals surface area contributed by atoms with Crippen LogP contribution in [0.5, 0.6) is 5.75 Å². The topological polar surface area (TPSA) is 82.4 Å². The highest BCUT2D eigenvalue weighted by Gasteiger charge is 2.34. The molecule has 6 nitrogen and oxygen atoms in total. The van der Waals surface area contributed by atoms with E-state index < -0.39 is 10.0 Å². The normalized spacial score (nSPS) is 17.6. The highest BCUT2D eigenvalue weighted by molar-refractivity contribution is 7.88. The molecule has 2 aromatic carbocycles. The molecule has 27 heavy (non-hydrogen) atoms. The standard InChI is InChI=1S/C19H21N3O3S.ClH/c1-25-19-8-3-2-7-17(19)18-13-21-9-10-22(18)26(23,24)14-16-6-4-5-15(11-16)12-20;/h2-8,11,18,21H,9-10,13-14H2,1H3;1H. The Morgan fingerprint density at radius 2 is 2.04 bits per heavy atom. The van der Waals surface area contributed by atoms with Crippen LogP contribution in [0.1, 0.15) is 22.7 Å². The van der Waals surface area contributed by atoms with Gasteiger partial charge in [0.1, 0.15) is 5.75 Å². The van der Waals surface area contributed by atoms with Crippen LogP contribution < -0.4 is 10.1 Å². The minimum Gasteiger partial charge on any atom is -0.496 e. The summed E-state index contributed by atoms with van der Waals surface area (Å²) in [6.07, 6.45) is 0. The zero-order valence-corrected chi connectivity index (χ0v) is 16.6. The van der Waals surface area contributed by atoms with Gasteiger partial charge in [-0.1, -0.05) is 30.3 Å². The van der Waals surface area contributed by atoms with E-state index in [1.54, 1.807) is 35.7 Å². The minimum atomic E-state index is -3.56. The number of ether oxygens (including phenoxy) is 1. The number of halogens is 1. The Morgan fingerprint density at radius 1 is 1.26 bits per heavy atom. The summed E-state index contributed by atoms with van der Waals surface area (Å²) in [4.78, 5) is 0. The summed E-state index contributed by atoms with van der Waals surface area (Å²) in [5.41, 5.74) is 1.91. The lowest BCUT2D eigenvalue weighted by Crippen LogP contribution is -2.49. The van der Waals surface area contributed by atoms with Gasteiger partial charge in [-0.2, -0.15) is 9.57 Å². The molecule has 1 atom stereocenters. The largest absolute Gasteiger partial charge is 0.496 e. The van der Waals surface area contributed by atoms with E-state index in [1.165, 1.54) is 0 Å². The van der Waals surface area contributed by atoms with Crippen LogP contribution >= 0.6 is 12.4 Å². The first-order valence-corrected chi connectivity index (χ1v) is 9.98. The number of benzene rings is 2. The quantitative estimate of drug-likeness (QED) is 0.823. The zero-order chi connectivity index (χ0) is 18.6. The van der Waals surface area contributed by atoms with E-state index in [2.05, 4.69) is 5.32 Å². The number of para-hydroxylation sites is 1. The van der Waals surface area contributed by atoms with Crippen LogP contribution in [0.2, 0.25) is 0 Å². The highest BCUT2D eigenvalue weighted by Crippen LogP contribution is 2.32. The molecule has 0 spiro atoms. The fraction of sp³-hybridized carbons (Fsp3) is 0.316. The molecule has 1 heterocycles. The maximum atomic E-state index is 13.1. The van der Waals surface area contributed by atoms with Crippen molar-refractivity contribution >= 4 is 22.4 Å². The van der Waals surface area contributed by atoms with E-state index in [9.17, 15) is 8.42 Å². The number of hydrogen-bond donors (Lipinski definition) is 1. The second-order valence-electron chi connectivity index (χ2n) is 6.14. The molecule has 0 saturated carbocycles. The molecule has 0 radical (unpaired) electrons. The summed E-state index contributed by atoms with van der Waals surface area (Å²) in [5, 5.41) is 12.3. The molecule has 144 valence electrons. The molecule has 2 aromatic rings. The third kappa shape index (κ3) is 4.79. The molecule has 0 amide bonds. The number of nitriles is 1. The van der Waals surface area contributed by atoms with Gasteiger partial charge < -0.3 is 10.1 Å². The van der Waals surface area contributed by atoms with Crippen molar-refractivity contribution in [3.63, 3.8) is 0 Å². The maximum absolute atomic E-state index is 13.1.